The third-order valence-electron chi connectivity index (χ3n) is 2.44. The van der Waals surface area contributed by atoms with Gasteiger partial charge in [0.2, 0.25) is 0 Å². The first-order valence-electron chi connectivity index (χ1n) is 4.11. The molecule has 1 aliphatic heterocycles. The summed E-state index contributed by atoms with van der Waals surface area (Å²) in [4.78, 5) is 0. The molecule has 1 heterocycles. The summed E-state index contributed by atoms with van der Waals surface area (Å²) < 4.78 is 22.3. The van der Waals surface area contributed by atoms with Gasteiger partial charge in [-0.1, -0.05) is 0 Å². The van der Waals surface area contributed by atoms with Crippen molar-refractivity contribution in [3.8, 4) is 0 Å². The van der Waals surface area contributed by atoms with Crippen molar-refractivity contribution in [3.63, 3.8) is 0 Å². The van der Waals surface area contributed by atoms with Crippen LogP contribution in [0.4, 0.5) is 0 Å². The minimum atomic E-state index is -2.70. The Morgan fingerprint density at radius 3 is 2.55 bits per heavy atom. The molecule has 0 radical (unpaired) electrons. The van der Waals surface area contributed by atoms with Crippen LogP contribution in [0.2, 0.25) is 0 Å². The Morgan fingerprint density at radius 1 is 1.27 bits per heavy atom. The van der Waals surface area contributed by atoms with Crippen molar-refractivity contribution in [1.29, 1.82) is 0 Å². The Balaban J connectivity index is 2.03. The smallest absolute Gasteiger partial charge is 0.153 e. The fourth-order valence-corrected chi connectivity index (χ4v) is 3.15. The van der Waals surface area contributed by atoms with Gasteiger partial charge in [0.25, 0.3) is 0 Å². The van der Waals surface area contributed by atoms with E-state index in [9.17, 15) is 8.42 Å². The molecule has 3 nitrogen and oxygen atoms in total. The van der Waals surface area contributed by atoms with E-state index in [-0.39, 0.29) is 6.04 Å². The van der Waals surface area contributed by atoms with Crippen LogP contribution in [-0.2, 0) is 9.84 Å². The summed E-state index contributed by atoms with van der Waals surface area (Å²) in [5, 5.41) is 3.26. The molecule has 1 atom stereocenters. The van der Waals surface area contributed by atoms with Gasteiger partial charge in [-0.05, 0) is 18.8 Å². The first-order chi connectivity index (χ1) is 5.17. The molecule has 4 heteroatoms. The lowest BCUT2D eigenvalue weighted by molar-refractivity contribution is 0.480. The van der Waals surface area contributed by atoms with Gasteiger partial charge in [-0.15, -0.1) is 0 Å². The monoisotopic (exact) mass is 175 g/mol. The Bertz CT molecular complexity index is 243. The van der Waals surface area contributed by atoms with E-state index in [1.165, 1.54) is 12.8 Å². The molecule has 1 saturated heterocycles. The van der Waals surface area contributed by atoms with Gasteiger partial charge in [0.15, 0.2) is 9.84 Å². The third-order valence-corrected chi connectivity index (χ3v) is 4.14. The van der Waals surface area contributed by atoms with Crippen molar-refractivity contribution in [2.75, 3.05) is 18.1 Å². The molecule has 1 saturated carbocycles. The molecular weight excluding hydrogens is 162 g/mol. The summed E-state index contributed by atoms with van der Waals surface area (Å²) in [6, 6.07) is 0.272. The van der Waals surface area contributed by atoms with Crippen molar-refractivity contribution in [3.05, 3.63) is 0 Å². The van der Waals surface area contributed by atoms with Crippen LogP contribution in [0.3, 0.4) is 0 Å². The van der Waals surface area contributed by atoms with Gasteiger partial charge in [0, 0.05) is 12.6 Å². The zero-order chi connectivity index (χ0) is 7.90. The maximum atomic E-state index is 11.2. The van der Waals surface area contributed by atoms with Crippen LogP contribution in [0.15, 0.2) is 0 Å². The molecule has 0 aromatic heterocycles. The third kappa shape index (κ3) is 1.73. The molecule has 0 aromatic carbocycles. The summed E-state index contributed by atoms with van der Waals surface area (Å²) >= 11 is 0. The van der Waals surface area contributed by atoms with Crippen LogP contribution in [-0.4, -0.2) is 32.5 Å². The summed E-state index contributed by atoms with van der Waals surface area (Å²) in [5.41, 5.74) is 0. The molecule has 0 unspecified atom stereocenters. The molecule has 64 valence electrons. The lowest BCUT2D eigenvalue weighted by Crippen LogP contribution is -2.46. The molecule has 2 aliphatic rings. The second-order valence-electron chi connectivity index (χ2n) is 3.51. The molecule has 0 spiro atoms. The molecule has 0 amide bonds. The topological polar surface area (TPSA) is 46.2 Å². The Morgan fingerprint density at radius 2 is 2.00 bits per heavy atom. The van der Waals surface area contributed by atoms with E-state index in [4.69, 9.17) is 0 Å². The van der Waals surface area contributed by atoms with Gasteiger partial charge in [-0.25, -0.2) is 8.42 Å². The molecule has 2 fully saturated rings. The van der Waals surface area contributed by atoms with Gasteiger partial charge in [-0.3, -0.25) is 0 Å². The zero-order valence-corrected chi connectivity index (χ0v) is 7.23. The van der Waals surface area contributed by atoms with Gasteiger partial charge in [0.05, 0.1) is 11.5 Å². The zero-order valence-electron chi connectivity index (χ0n) is 6.41. The maximum Gasteiger partial charge on any atom is 0.153 e. The lowest BCUT2D eigenvalue weighted by atomic mass is 10.2. The van der Waals surface area contributed by atoms with Crippen molar-refractivity contribution in [1.82, 2.24) is 5.32 Å². The number of nitrogens with one attached hydrogen (secondary N) is 1. The van der Waals surface area contributed by atoms with Crippen LogP contribution in [0.5, 0.6) is 0 Å². The highest BCUT2D eigenvalue weighted by Crippen LogP contribution is 2.33. The minimum Gasteiger partial charge on any atom is -0.312 e. The van der Waals surface area contributed by atoms with Crippen LogP contribution < -0.4 is 5.32 Å². The van der Waals surface area contributed by atoms with Crippen molar-refractivity contribution >= 4 is 9.84 Å². The summed E-state index contributed by atoms with van der Waals surface area (Å²) in [7, 11) is -2.70. The summed E-state index contributed by atoms with van der Waals surface area (Å²) in [6.45, 7) is 0.656. The van der Waals surface area contributed by atoms with E-state index in [1.807, 2.05) is 0 Å². The van der Waals surface area contributed by atoms with Gasteiger partial charge >= 0.3 is 0 Å². The molecule has 0 bridgehead atoms. The first-order valence-corrected chi connectivity index (χ1v) is 5.93. The highest BCUT2D eigenvalue weighted by Gasteiger charge is 2.36. The second kappa shape index (κ2) is 2.45. The highest BCUT2D eigenvalue weighted by molar-refractivity contribution is 7.91. The summed E-state index contributed by atoms with van der Waals surface area (Å²) in [6.07, 6.45) is 2.43. The van der Waals surface area contributed by atoms with Gasteiger partial charge in [-0.2, -0.15) is 0 Å². The highest BCUT2D eigenvalue weighted by atomic mass is 32.2. The van der Waals surface area contributed by atoms with E-state index < -0.39 is 9.84 Å². The normalized spacial score (nSPS) is 36.9. The van der Waals surface area contributed by atoms with Crippen LogP contribution in [0.25, 0.3) is 0 Å². The minimum absolute atomic E-state index is 0.272. The van der Waals surface area contributed by atoms with E-state index in [2.05, 4.69) is 5.32 Å². The maximum absolute atomic E-state index is 11.2. The Hall–Kier alpha value is -0.0900. The fourth-order valence-electron chi connectivity index (χ4n) is 1.62. The Kier molecular flexibility index (Phi) is 1.68. The van der Waals surface area contributed by atoms with Crippen molar-refractivity contribution in [2.45, 2.75) is 18.9 Å². The first kappa shape index (κ1) is 7.55. The molecule has 11 heavy (non-hydrogen) atoms. The van der Waals surface area contributed by atoms with E-state index in [0.29, 0.717) is 24.0 Å². The average Bonchev–Trinajstić information content (AvgIpc) is 2.65. The lowest BCUT2D eigenvalue weighted by Gasteiger charge is -2.23. The largest absolute Gasteiger partial charge is 0.312 e. The molecule has 1 aliphatic carbocycles. The number of hydrogen-bond donors (Lipinski definition) is 1. The number of sulfone groups is 1. The van der Waals surface area contributed by atoms with Crippen molar-refractivity contribution in [2.24, 2.45) is 5.92 Å². The second-order valence-corrected chi connectivity index (χ2v) is 5.74. The van der Waals surface area contributed by atoms with E-state index >= 15 is 0 Å². The van der Waals surface area contributed by atoms with E-state index in [0.717, 1.165) is 0 Å². The van der Waals surface area contributed by atoms with Gasteiger partial charge in [0.1, 0.15) is 0 Å². The molecular formula is C7H13NO2S. The van der Waals surface area contributed by atoms with Gasteiger partial charge < -0.3 is 5.32 Å². The summed E-state index contributed by atoms with van der Waals surface area (Å²) in [5.74, 6) is 1.36. The quantitative estimate of drug-likeness (QED) is 0.599. The predicted octanol–water partition coefficient (Wildman–Crippen LogP) is -0.217. The molecule has 0 aromatic rings. The standard InChI is InChI=1S/C7H13NO2S/c9-11(10)4-3-8-7(5-11)6-1-2-6/h6-8H,1-5H2/t7-/m0/s1. The van der Waals surface area contributed by atoms with Crippen LogP contribution in [0.1, 0.15) is 12.8 Å². The Labute approximate surface area is 67.1 Å². The molecule has 1 N–H and O–H groups in total. The average molecular weight is 175 g/mol. The fraction of sp³-hybridized carbons (Fsp3) is 1.00. The SMILES string of the molecule is O=S1(=O)CCN[C@H](C2CC2)C1. The number of hydrogen-bond acceptors (Lipinski definition) is 3. The number of rotatable bonds is 1. The van der Waals surface area contributed by atoms with E-state index in [1.54, 1.807) is 0 Å². The predicted molar refractivity (Wildman–Crippen MR) is 43.2 cm³/mol. The molecule has 2 rings (SSSR count). The van der Waals surface area contributed by atoms with Crippen molar-refractivity contribution < 1.29 is 8.42 Å². The van der Waals surface area contributed by atoms with Crippen LogP contribution >= 0.6 is 0 Å². The van der Waals surface area contributed by atoms with Crippen LogP contribution in [0, 0.1) is 5.92 Å².